The van der Waals surface area contributed by atoms with Gasteiger partial charge >= 0.3 is 0 Å². The molecule has 0 saturated carbocycles. The number of β-amino-alcohol motifs (C(OH)–C–C–N with tert-alkyl or cyclic N) is 1. The molecule has 1 atom stereocenters. The zero-order valence-corrected chi connectivity index (χ0v) is 18.2. The molecule has 1 saturated heterocycles. The fourth-order valence-electron chi connectivity index (χ4n) is 3.95. The molecule has 2 amide bonds. The number of aliphatic hydroxyl groups is 1. The van der Waals surface area contributed by atoms with Crippen molar-refractivity contribution in [2.24, 2.45) is 5.92 Å². The van der Waals surface area contributed by atoms with Gasteiger partial charge in [0.05, 0.1) is 13.2 Å². The Morgan fingerprint density at radius 3 is 1.96 bits per heavy atom. The van der Waals surface area contributed by atoms with Crippen molar-refractivity contribution in [3.05, 3.63) is 12.2 Å². The van der Waals surface area contributed by atoms with Crippen LogP contribution in [0.1, 0.15) is 110 Å². The van der Waals surface area contributed by atoms with Gasteiger partial charge in [-0.3, -0.25) is 14.5 Å². The average Bonchev–Trinajstić information content (AvgIpc) is 2.95. The van der Waals surface area contributed by atoms with Crippen LogP contribution in [0.25, 0.3) is 0 Å². The summed E-state index contributed by atoms with van der Waals surface area (Å²) < 4.78 is 0. The second-order valence-corrected chi connectivity index (χ2v) is 8.23. The zero-order valence-electron chi connectivity index (χ0n) is 18.2. The van der Waals surface area contributed by atoms with Crippen molar-refractivity contribution >= 4 is 11.8 Å². The van der Waals surface area contributed by atoms with Gasteiger partial charge in [-0.1, -0.05) is 83.3 Å². The minimum Gasteiger partial charge on any atom is -0.395 e. The van der Waals surface area contributed by atoms with E-state index in [4.69, 9.17) is 5.11 Å². The molecule has 162 valence electrons. The highest BCUT2D eigenvalue weighted by atomic mass is 16.3. The topological polar surface area (TPSA) is 57.6 Å². The van der Waals surface area contributed by atoms with Gasteiger partial charge in [0.1, 0.15) is 0 Å². The number of carbonyl (C=O) groups is 2. The van der Waals surface area contributed by atoms with Crippen LogP contribution in [-0.2, 0) is 9.59 Å². The van der Waals surface area contributed by atoms with E-state index in [0.717, 1.165) is 19.3 Å². The van der Waals surface area contributed by atoms with Crippen LogP contribution < -0.4 is 0 Å². The zero-order chi connectivity index (χ0) is 20.5. The van der Waals surface area contributed by atoms with Gasteiger partial charge in [-0.05, 0) is 32.1 Å². The number of rotatable bonds is 18. The summed E-state index contributed by atoms with van der Waals surface area (Å²) in [6, 6.07) is 0. The Bertz CT molecular complexity index is 447. The fourth-order valence-corrected chi connectivity index (χ4v) is 3.95. The van der Waals surface area contributed by atoms with Crippen molar-refractivity contribution in [2.75, 3.05) is 13.2 Å². The smallest absolute Gasteiger partial charge is 0.232 e. The van der Waals surface area contributed by atoms with Crippen LogP contribution in [0.15, 0.2) is 12.2 Å². The molecule has 1 aliphatic heterocycles. The second kappa shape index (κ2) is 16.8. The number of aliphatic hydroxyl groups excluding tert-OH is 1. The van der Waals surface area contributed by atoms with Gasteiger partial charge < -0.3 is 5.11 Å². The molecule has 4 heteroatoms. The van der Waals surface area contributed by atoms with Crippen LogP contribution in [0.2, 0.25) is 0 Å². The summed E-state index contributed by atoms with van der Waals surface area (Å²) in [5.41, 5.74) is 0. The number of imide groups is 1. The summed E-state index contributed by atoms with van der Waals surface area (Å²) >= 11 is 0. The van der Waals surface area contributed by atoms with Gasteiger partial charge in [0.25, 0.3) is 0 Å². The van der Waals surface area contributed by atoms with Gasteiger partial charge in [-0.2, -0.15) is 0 Å². The third kappa shape index (κ3) is 11.0. The number of carbonyl (C=O) groups excluding carboxylic acids is 2. The molecule has 0 aromatic rings. The lowest BCUT2D eigenvalue weighted by atomic mass is 9.98. The van der Waals surface area contributed by atoms with Crippen LogP contribution in [-0.4, -0.2) is 35.0 Å². The van der Waals surface area contributed by atoms with Crippen molar-refractivity contribution < 1.29 is 14.7 Å². The highest BCUT2D eigenvalue weighted by Crippen LogP contribution is 2.25. The van der Waals surface area contributed by atoms with Crippen molar-refractivity contribution in [2.45, 2.75) is 110 Å². The summed E-state index contributed by atoms with van der Waals surface area (Å²) in [5, 5.41) is 8.92. The van der Waals surface area contributed by atoms with Gasteiger partial charge in [-0.25, -0.2) is 0 Å². The number of likely N-dealkylation sites (tertiary alicyclic amines) is 1. The van der Waals surface area contributed by atoms with Crippen molar-refractivity contribution in [1.29, 1.82) is 0 Å². The number of unbranched alkanes of at least 4 members (excludes halogenated alkanes) is 12. The Labute approximate surface area is 172 Å². The second-order valence-electron chi connectivity index (χ2n) is 8.23. The highest BCUT2D eigenvalue weighted by Gasteiger charge is 2.37. The Hall–Kier alpha value is -1.16. The van der Waals surface area contributed by atoms with Crippen molar-refractivity contribution in [3.8, 4) is 0 Å². The molecule has 0 aromatic heterocycles. The Morgan fingerprint density at radius 2 is 1.39 bits per heavy atom. The molecule has 1 N–H and O–H groups in total. The van der Waals surface area contributed by atoms with Gasteiger partial charge in [0, 0.05) is 12.3 Å². The standard InChI is InChI=1S/C24H43NO3/c1-2-3-4-5-6-7-8-9-10-11-12-13-14-15-16-17-18-22-21-23(27)25(19-20-26)24(22)28/h9-10,22,26H,2-8,11-21H2,1H3. The maximum absolute atomic E-state index is 12.1. The SMILES string of the molecule is CCCCCCCCC=CCCCCCCCCC1CC(=O)N(CCO)C1=O. The summed E-state index contributed by atoms with van der Waals surface area (Å²) in [5.74, 6) is -0.337. The van der Waals surface area contributed by atoms with E-state index in [2.05, 4.69) is 19.1 Å². The van der Waals surface area contributed by atoms with E-state index in [1.54, 1.807) is 0 Å². The maximum Gasteiger partial charge on any atom is 0.232 e. The van der Waals surface area contributed by atoms with Crippen LogP contribution in [0.5, 0.6) is 0 Å². The molecule has 4 nitrogen and oxygen atoms in total. The first-order chi connectivity index (χ1) is 13.7. The maximum atomic E-state index is 12.1. The predicted molar refractivity (Wildman–Crippen MR) is 116 cm³/mol. The number of nitrogens with zero attached hydrogens (tertiary/aromatic N) is 1. The van der Waals surface area contributed by atoms with Crippen LogP contribution >= 0.6 is 0 Å². The van der Waals surface area contributed by atoms with E-state index >= 15 is 0 Å². The number of allylic oxidation sites excluding steroid dienone is 2. The van der Waals surface area contributed by atoms with Crippen LogP contribution in [0, 0.1) is 5.92 Å². The molecule has 0 aliphatic carbocycles. The molecule has 1 rings (SSSR count). The first-order valence-corrected chi connectivity index (χ1v) is 11.8. The number of amides is 2. The first kappa shape index (κ1) is 24.9. The van der Waals surface area contributed by atoms with Crippen molar-refractivity contribution in [1.82, 2.24) is 4.90 Å². The third-order valence-electron chi connectivity index (χ3n) is 5.73. The molecule has 0 spiro atoms. The van der Waals surface area contributed by atoms with E-state index in [1.807, 2.05) is 0 Å². The third-order valence-corrected chi connectivity index (χ3v) is 5.73. The molecule has 1 aliphatic rings. The fraction of sp³-hybridized carbons (Fsp3) is 0.833. The van der Waals surface area contributed by atoms with E-state index in [9.17, 15) is 9.59 Å². The summed E-state index contributed by atoms with van der Waals surface area (Å²) in [6.45, 7) is 2.28. The Kier molecular flexibility index (Phi) is 14.9. The monoisotopic (exact) mass is 393 g/mol. The molecule has 1 unspecified atom stereocenters. The van der Waals surface area contributed by atoms with Crippen LogP contribution in [0.4, 0.5) is 0 Å². The van der Waals surface area contributed by atoms with E-state index in [0.29, 0.717) is 6.42 Å². The molecule has 0 bridgehead atoms. The molecular weight excluding hydrogens is 350 g/mol. The molecule has 28 heavy (non-hydrogen) atoms. The van der Waals surface area contributed by atoms with E-state index in [1.165, 1.54) is 81.9 Å². The minimum atomic E-state index is -0.143. The number of hydrogen-bond donors (Lipinski definition) is 1. The van der Waals surface area contributed by atoms with Gasteiger partial charge in [-0.15, -0.1) is 0 Å². The molecule has 0 aromatic carbocycles. The normalized spacial score (nSPS) is 17.4. The van der Waals surface area contributed by atoms with Crippen LogP contribution in [0.3, 0.4) is 0 Å². The van der Waals surface area contributed by atoms with E-state index < -0.39 is 0 Å². The quantitative estimate of drug-likeness (QED) is 0.182. The van der Waals surface area contributed by atoms with Crippen molar-refractivity contribution in [3.63, 3.8) is 0 Å². The predicted octanol–water partition coefficient (Wildman–Crippen LogP) is 5.78. The largest absolute Gasteiger partial charge is 0.395 e. The highest BCUT2D eigenvalue weighted by molar-refractivity contribution is 6.03. The Morgan fingerprint density at radius 1 is 0.857 bits per heavy atom. The lowest BCUT2D eigenvalue weighted by molar-refractivity contribution is -0.140. The lowest BCUT2D eigenvalue weighted by Crippen LogP contribution is -2.33. The molecule has 1 heterocycles. The number of hydrogen-bond acceptors (Lipinski definition) is 3. The minimum absolute atomic E-state index is 0.0770. The van der Waals surface area contributed by atoms with E-state index in [-0.39, 0.29) is 30.9 Å². The van der Waals surface area contributed by atoms with Gasteiger partial charge in [0.15, 0.2) is 0 Å². The first-order valence-electron chi connectivity index (χ1n) is 11.8. The molecule has 1 fully saturated rings. The summed E-state index contributed by atoms with van der Waals surface area (Å²) in [4.78, 5) is 25.1. The average molecular weight is 394 g/mol. The molecular formula is C24H43NO3. The Balaban J connectivity index is 1.87. The molecule has 0 radical (unpaired) electrons. The summed E-state index contributed by atoms with van der Waals surface area (Å²) in [7, 11) is 0. The lowest BCUT2D eigenvalue weighted by Gasteiger charge is -2.12. The summed E-state index contributed by atoms with van der Waals surface area (Å²) in [6.07, 6.45) is 23.7. The van der Waals surface area contributed by atoms with Gasteiger partial charge in [0.2, 0.25) is 11.8 Å².